The minimum absolute atomic E-state index is 0.0769. The highest BCUT2D eigenvalue weighted by atomic mass is 19.2. The predicted octanol–water partition coefficient (Wildman–Crippen LogP) is 10.2. The van der Waals surface area contributed by atoms with E-state index < -0.39 is 23.3 Å². The third-order valence-corrected chi connectivity index (χ3v) is 6.56. The molecule has 3 aromatic rings. The zero-order valence-corrected chi connectivity index (χ0v) is 21.6. The van der Waals surface area contributed by atoms with Crippen molar-refractivity contribution in [3.63, 3.8) is 0 Å². The average Bonchev–Trinajstić information content (AvgIpc) is 2.91. The zero-order chi connectivity index (χ0) is 26.6. The minimum Gasteiger partial charge on any atom is -0.490 e. The molecule has 0 aliphatic heterocycles. The van der Waals surface area contributed by atoms with E-state index >= 15 is 8.78 Å². The van der Waals surface area contributed by atoms with Crippen LogP contribution in [0, 0.1) is 23.3 Å². The van der Waals surface area contributed by atoms with Gasteiger partial charge in [0, 0.05) is 16.7 Å². The highest BCUT2D eigenvalue weighted by Crippen LogP contribution is 2.35. The Hall–Kier alpha value is -3.08. The molecule has 3 rings (SSSR count). The van der Waals surface area contributed by atoms with Crippen LogP contribution in [0.4, 0.5) is 17.6 Å². The Bertz CT molecular complexity index is 1150. The first-order valence-electron chi connectivity index (χ1n) is 13.3. The summed E-state index contributed by atoms with van der Waals surface area (Å²) in [6, 6.07) is 12.5. The van der Waals surface area contributed by atoms with Crippen LogP contribution in [0.2, 0.25) is 0 Å². The first kappa shape index (κ1) is 28.5. The number of halogens is 4. The summed E-state index contributed by atoms with van der Waals surface area (Å²) in [4.78, 5) is 0. The molecule has 0 atom stereocenters. The van der Waals surface area contributed by atoms with Crippen LogP contribution >= 0.6 is 0 Å². The van der Waals surface area contributed by atoms with E-state index in [0.717, 1.165) is 37.7 Å². The lowest BCUT2D eigenvalue weighted by Crippen LogP contribution is -2.03. The largest absolute Gasteiger partial charge is 0.490 e. The molecule has 0 aromatic heterocycles. The first-order valence-corrected chi connectivity index (χ1v) is 13.3. The van der Waals surface area contributed by atoms with Gasteiger partial charge in [-0.25, -0.2) is 13.2 Å². The lowest BCUT2D eigenvalue weighted by molar-refractivity contribution is 0.286. The van der Waals surface area contributed by atoms with E-state index in [2.05, 4.69) is 13.5 Å². The highest BCUT2D eigenvalue weighted by molar-refractivity contribution is 5.72. The molecule has 0 aliphatic rings. The molecule has 0 heterocycles. The fourth-order valence-electron chi connectivity index (χ4n) is 4.36. The van der Waals surface area contributed by atoms with Crippen LogP contribution in [0.1, 0.15) is 70.3 Å². The van der Waals surface area contributed by atoms with Gasteiger partial charge in [0.2, 0.25) is 5.82 Å². The van der Waals surface area contributed by atoms with Crippen LogP contribution < -0.4 is 4.74 Å². The molecular weight excluding hydrogens is 476 g/mol. The number of aryl methyl sites for hydroxylation is 1. The van der Waals surface area contributed by atoms with Gasteiger partial charge in [0.05, 0.1) is 6.61 Å². The zero-order valence-electron chi connectivity index (χ0n) is 21.6. The molecule has 0 aliphatic carbocycles. The lowest BCUT2D eigenvalue weighted by atomic mass is 9.97. The molecule has 1 nitrogen and oxygen atoms in total. The van der Waals surface area contributed by atoms with Gasteiger partial charge in [-0.15, -0.1) is 6.58 Å². The normalized spacial score (nSPS) is 11.1. The Balaban J connectivity index is 1.71. The lowest BCUT2D eigenvalue weighted by Gasteiger charge is -2.13. The molecule has 0 spiro atoms. The second kappa shape index (κ2) is 14.6. The molecule has 198 valence electrons. The summed E-state index contributed by atoms with van der Waals surface area (Å²) in [7, 11) is 0. The third-order valence-electron chi connectivity index (χ3n) is 6.56. The fraction of sp³-hybridized carbons (Fsp3) is 0.375. The number of hydrogen-bond acceptors (Lipinski definition) is 1. The van der Waals surface area contributed by atoms with Gasteiger partial charge < -0.3 is 4.74 Å². The summed E-state index contributed by atoms with van der Waals surface area (Å²) >= 11 is 0. The van der Waals surface area contributed by atoms with Crippen molar-refractivity contribution in [1.82, 2.24) is 0 Å². The van der Waals surface area contributed by atoms with E-state index in [1.165, 1.54) is 49.9 Å². The van der Waals surface area contributed by atoms with Crippen molar-refractivity contribution in [3.05, 3.63) is 90.0 Å². The summed E-state index contributed by atoms with van der Waals surface area (Å²) in [5.74, 6) is -5.03. The predicted molar refractivity (Wildman–Crippen MR) is 144 cm³/mol. The van der Waals surface area contributed by atoms with Crippen molar-refractivity contribution in [3.8, 4) is 28.0 Å². The van der Waals surface area contributed by atoms with Crippen LogP contribution in [0.5, 0.6) is 5.75 Å². The molecule has 0 saturated heterocycles. The average molecular weight is 513 g/mol. The molecule has 0 saturated carbocycles. The van der Waals surface area contributed by atoms with E-state index in [1.54, 1.807) is 12.1 Å². The summed E-state index contributed by atoms with van der Waals surface area (Å²) in [6.45, 7) is 6.08. The number of rotatable bonds is 15. The molecular formula is C32H36F4O. The summed E-state index contributed by atoms with van der Waals surface area (Å²) in [6.07, 6.45) is 12.1. The maximum atomic E-state index is 15.0. The van der Waals surface area contributed by atoms with Crippen LogP contribution in [0.25, 0.3) is 22.3 Å². The summed E-state index contributed by atoms with van der Waals surface area (Å²) in [5.41, 5.74) is 1.07. The van der Waals surface area contributed by atoms with Crippen molar-refractivity contribution < 1.29 is 22.3 Å². The minimum atomic E-state index is -1.27. The quantitative estimate of drug-likeness (QED) is 0.112. The van der Waals surface area contributed by atoms with Gasteiger partial charge in [0.1, 0.15) is 0 Å². The van der Waals surface area contributed by atoms with Gasteiger partial charge in [-0.1, -0.05) is 75.1 Å². The first-order chi connectivity index (χ1) is 18.0. The van der Waals surface area contributed by atoms with E-state index in [0.29, 0.717) is 12.0 Å². The molecule has 3 aromatic carbocycles. The molecule has 0 bridgehead atoms. The Morgan fingerprint density at radius 2 is 1.24 bits per heavy atom. The smallest absolute Gasteiger partial charge is 0.201 e. The van der Waals surface area contributed by atoms with Gasteiger partial charge in [-0.05, 0) is 61.8 Å². The van der Waals surface area contributed by atoms with E-state index in [1.807, 2.05) is 18.2 Å². The standard InChI is InChI=1S/C32H36F4O/c1-3-5-7-9-11-13-23-14-16-24(17-15-23)25-18-19-26(30(34)29(25)33)27-20-21-28(32(36)31(27)35)37-22-12-10-8-6-4-2/h4,14-21H,2-3,5-13,22H2,1H3. The second-order valence-corrected chi connectivity index (χ2v) is 9.38. The molecule has 0 N–H and O–H groups in total. The maximum Gasteiger partial charge on any atom is 0.201 e. The highest BCUT2D eigenvalue weighted by Gasteiger charge is 2.22. The number of ether oxygens (including phenoxy) is 1. The fourth-order valence-corrected chi connectivity index (χ4v) is 4.36. The number of hydrogen-bond donors (Lipinski definition) is 0. The molecule has 0 radical (unpaired) electrons. The molecule has 37 heavy (non-hydrogen) atoms. The summed E-state index contributed by atoms with van der Waals surface area (Å²) < 4.78 is 64.9. The van der Waals surface area contributed by atoms with Crippen LogP contribution in [-0.2, 0) is 6.42 Å². The van der Waals surface area contributed by atoms with Crippen molar-refractivity contribution in [2.24, 2.45) is 0 Å². The van der Waals surface area contributed by atoms with Crippen molar-refractivity contribution in [1.29, 1.82) is 0 Å². The van der Waals surface area contributed by atoms with Crippen LogP contribution in [0.3, 0.4) is 0 Å². The maximum absolute atomic E-state index is 15.0. The van der Waals surface area contributed by atoms with Gasteiger partial charge in [-0.3, -0.25) is 0 Å². The van der Waals surface area contributed by atoms with Crippen molar-refractivity contribution in [2.75, 3.05) is 6.61 Å². The third kappa shape index (κ3) is 7.70. The topological polar surface area (TPSA) is 9.23 Å². The van der Waals surface area contributed by atoms with Crippen LogP contribution in [0.15, 0.2) is 61.2 Å². The Kier molecular flexibility index (Phi) is 11.2. The molecule has 0 unspecified atom stereocenters. The monoisotopic (exact) mass is 512 g/mol. The van der Waals surface area contributed by atoms with Gasteiger partial charge in [0.15, 0.2) is 23.2 Å². The number of unbranched alkanes of at least 4 members (excludes halogenated alkanes) is 7. The Labute approximate surface area is 218 Å². The summed E-state index contributed by atoms with van der Waals surface area (Å²) in [5, 5.41) is 0. The number of benzene rings is 3. The van der Waals surface area contributed by atoms with Crippen LogP contribution in [-0.4, -0.2) is 6.61 Å². The second-order valence-electron chi connectivity index (χ2n) is 9.38. The Morgan fingerprint density at radius 3 is 1.95 bits per heavy atom. The molecule has 5 heteroatoms. The Morgan fingerprint density at radius 1 is 0.649 bits per heavy atom. The van der Waals surface area contributed by atoms with E-state index in [-0.39, 0.29) is 29.0 Å². The van der Waals surface area contributed by atoms with Crippen molar-refractivity contribution in [2.45, 2.75) is 71.1 Å². The molecule has 0 fully saturated rings. The van der Waals surface area contributed by atoms with Crippen molar-refractivity contribution >= 4 is 0 Å². The van der Waals surface area contributed by atoms with E-state index in [4.69, 9.17) is 4.74 Å². The van der Waals surface area contributed by atoms with Gasteiger partial charge in [0.25, 0.3) is 0 Å². The number of allylic oxidation sites excluding steroid dienone is 1. The SMILES string of the molecule is C=CCCCCCOc1ccc(-c2ccc(-c3ccc(CCCCCCC)cc3)c(F)c2F)c(F)c1F. The van der Waals surface area contributed by atoms with E-state index in [9.17, 15) is 8.78 Å². The molecule has 0 amide bonds. The van der Waals surface area contributed by atoms with Gasteiger partial charge in [-0.2, -0.15) is 4.39 Å². The van der Waals surface area contributed by atoms with Gasteiger partial charge >= 0.3 is 0 Å².